The maximum atomic E-state index is 7.12. The van der Waals surface area contributed by atoms with Gasteiger partial charge in [0.15, 0.2) is 11.5 Å². The van der Waals surface area contributed by atoms with Gasteiger partial charge in [-0.3, -0.25) is 0 Å². The summed E-state index contributed by atoms with van der Waals surface area (Å²) in [6.45, 7) is -0.136. The van der Waals surface area contributed by atoms with Crippen LogP contribution in [0.25, 0.3) is 21.9 Å². The van der Waals surface area contributed by atoms with Crippen molar-refractivity contribution in [2.75, 3.05) is 19.6 Å². The molecule has 0 radical (unpaired) electrons. The molecule has 9 heteroatoms. The van der Waals surface area contributed by atoms with Crippen LogP contribution in [0.3, 0.4) is 0 Å². The molecule has 314 valence electrons. The molecule has 7 aliphatic heterocycles. The number of para-hydroxylation sites is 8. The maximum absolute atomic E-state index is 7.12. The third-order valence-electron chi connectivity index (χ3n) is 16.3. The van der Waals surface area contributed by atoms with Gasteiger partial charge in [0.05, 0.1) is 11.4 Å². The smallest absolute Gasteiger partial charge is 0.252 e. The Hall–Kier alpha value is -8.81. The summed E-state index contributed by atoms with van der Waals surface area (Å²) in [4.78, 5) is 10.3. The van der Waals surface area contributed by atoms with Crippen molar-refractivity contribution in [2.24, 2.45) is 0 Å². The minimum Gasteiger partial charge on any atom is -0.456 e. The highest BCUT2D eigenvalue weighted by atomic mass is 16.5. The number of anilines is 12. The second-order valence-electron chi connectivity index (χ2n) is 19.5. The Bertz CT molecular complexity index is 4200. The number of nitrogens with zero attached hydrogens (tertiary/aromatic N) is 4. The predicted octanol–water partition coefficient (Wildman–Crippen LogP) is 9.00. The molecular weight excluding hydrogens is 841 g/mol. The van der Waals surface area contributed by atoms with Crippen LogP contribution in [-0.2, 0) is 0 Å². The summed E-state index contributed by atoms with van der Waals surface area (Å²) in [6, 6.07) is 74.1. The Labute approximate surface area is 398 Å². The molecule has 0 saturated heterocycles. The van der Waals surface area contributed by atoms with Crippen molar-refractivity contribution in [3.63, 3.8) is 0 Å². The number of rotatable bonds is 1. The molecule has 0 saturated carbocycles. The van der Waals surface area contributed by atoms with Crippen LogP contribution in [0, 0.1) is 0 Å². The van der Waals surface area contributed by atoms with E-state index in [1.165, 1.54) is 89.0 Å². The quantitative estimate of drug-likeness (QED) is 0.153. The average Bonchev–Trinajstić information content (AvgIpc) is 3.78. The Morgan fingerprint density at radius 1 is 0.290 bits per heavy atom. The molecule has 8 heterocycles. The summed E-state index contributed by atoms with van der Waals surface area (Å²) in [5.41, 5.74) is 27.9. The van der Waals surface area contributed by atoms with Crippen molar-refractivity contribution in [2.45, 2.75) is 0 Å². The van der Waals surface area contributed by atoms with Crippen molar-refractivity contribution >= 4 is 159 Å². The van der Waals surface area contributed by atoms with E-state index in [0.29, 0.717) is 0 Å². The SMILES string of the molecule is c1ccc(N2c3ccccc3Oc3cc4c(cc32)N2c3ccccc3B3c5ccccc5N5c6ccccc6B6c7ccccc7N7c8cc9oc%10ccccc%10c9cc8B4c4c2c3c5c6c47)cc1. The Morgan fingerprint density at radius 3 is 1.36 bits per heavy atom. The number of hydrogen-bond acceptors (Lipinski definition) is 6. The molecule has 6 nitrogen and oxygen atoms in total. The highest BCUT2D eigenvalue weighted by molar-refractivity contribution is 7.09. The van der Waals surface area contributed by atoms with E-state index in [9.17, 15) is 0 Å². The van der Waals surface area contributed by atoms with Gasteiger partial charge in [0.25, 0.3) is 20.1 Å². The first-order chi connectivity index (χ1) is 34.3. The van der Waals surface area contributed by atoms with E-state index in [1.807, 2.05) is 0 Å². The molecule has 11 aromatic rings. The van der Waals surface area contributed by atoms with Gasteiger partial charge in [-0.15, -0.1) is 0 Å². The molecule has 0 unspecified atom stereocenters. The van der Waals surface area contributed by atoms with Crippen LogP contribution in [0.1, 0.15) is 0 Å². The fourth-order valence-corrected chi connectivity index (χ4v) is 13.9. The van der Waals surface area contributed by atoms with Gasteiger partial charge in [0.1, 0.15) is 11.2 Å². The predicted molar refractivity (Wildman–Crippen MR) is 286 cm³/mol. The average molecular weight is 874 g/mol. The van der Waals surface area contributed by atoms with Crippen LogP contribution >= 0.6 is 0 Å². The van der Waals surface area contributed by atoms with Gasteiger partial charge < -0.3 is 28.8 Å². The summed E-state index contributed by atoms with van der Waals surface area (Å²) in [7, 11) is 0. The lowest BCUT2D eigenvalue weighted by molar-refractivity contribution is 0.477. The molecule has 0 atom stereocenters. The second-order valence-corrected chi connectivity index (χ2v) is 19.5. The van der Waals surface area contributed by atoms with E-state index in [-0.39, 0.29) is 20.1 Å². The molecular formula is C60H33B3N4O2. The first-order valence-electron chi connectivity index (χ1n) is 24.0. The molecule has 0 bridgehead atoms. The van der Waals surface area contributed by atoms with Crippen LogP contribution < -0.4 is 73.5 Å². The minimum absolute atomic E-state index is 0.00512. The number of ether oxygens (including phenoxy) is 1. The first-order valence-corrected chi connectivity index (χ1v) is 24.0. The molecule has 69 heavy (non-hydrogen) atoms. The summed E-state index contributed by atoms with van der Waals surface area (Å²) < 4.78 is 13.9. The Balaban J connectivity index is 1.05. The molecule has 1 aromatic heterocycles. The lowest BCUT2D eigenvalue weighted by atomic mass is 9.24. The first kappa shape index (κ1) is 35.4. The second kappa shape index (κ2) is 12.2. The largest absolute Gasteiger partial charge is 0.456 e. The van der Waals surface area contributed by atoms with Gasteiger partial charge in [0.2, 0.25) is 0 Å². The highest BCUT2D eigenvalue weighted by Crippen LogP contribution is 2.56. The zero-order chi connectivity index (χ0) is 44.4. The summed E-state index contributed by atoms with van der Waals surface area (Å²) in [6.07, 6.45) is 0. The van der Waals surface area contributed by atoms with E-state index in [2.05, 4.69) is 220 Å². The topological polar surface area (TPSA) is 35.3 Å². The standard InChI is InChI=1S/C60H33B3N4O2/c1-2-16-34(17-3-1)64-47-27-13-15-29-52(47)69-54-31-42-48(32-50(54)64)66-45-25-11-7-21-39(45)61-37-19-5-9-23-43(37)65-44-24-10-6-20-38(44)62-40-22-8-12-26-46(40)67-49-33-53-36(35-18-4-14-28-51(35)68-53)30-41(49)63(42)57-59(66)55(61)58(65)56(62)60(57)67/h1-33H. The van der Waals surface area contributed by atoms with Crippen LogP contribution in [0.15, 0.2) is 205 Å². The summed E-state index contributed by atoms with van der Waals surface area (Å²) in [5, 5.41) is 2.25. The minimum atomic E-state index is -0.150. The molecule has 18 rings (SSSR count). The molecule has 7 aliphatic rings. The highest BCUT2D eigenvalue weighted by Gasteiger charge is 2.57. The maximum Gasteiger partial charge on any atom is 0.252 e. The molecule has 0 amide bonds. The van der Waals surface area contributed by atoms with Crippen LogP contribution in [-0.4, -0.2) is 20.1 Å². The Morgan fingerprint density at radius 2 is 0.754 bits per heavy atom. The molecule has 0 N–H and O–H groups in total. The lowest BCUT2D eigenvalue weighted by Crippen LogP contribution is -2.74. The van der Waals surface area contributed by atoms with Crippen LogP contribution in [0.2, 0.25) is 0 Å². The number of furan rings is 1. The monoisotopic (exact) mass is 874 g/mol. The summed E-state index contributed by atoms with van der Waals surface area (Å²) >= 11 is 0. The van der Waals surface area contributed by atoms with E-state index in [4.69, 9.17) is 9.15 Å². The molecule has 10 aromatic carbocycles. The van der Waals surface area contributed by atoms with Gasteiger partial charge in [0, 0.05) is 73.7 Å². The van der Waals surface area contributed by atoms with E-state index >= 15 is 0 Å². The van der Waals surface area contributed by atoms with Crippen molar-refractivity contribution in [1.29, 1.82) is 0 Å². The van der Waals surface area contributed by atoms with E-state index in [1.54, 1.807) is 0 Å². The third-order valence-corrected chi connectivity index (χ3v) is 16.3. The number of fused-ring (bicyclic) bond motifs is 23. The van der Waals surface area contributed by atoms with Crippen LogP contribution in [0.4, 0.5) is 68.2 Å². The van der Waals surface area contributed by atoms with Crippen molar-refractivity contribution in [3.05, 3.63) is 200 Å². The van der Waals surface area contributed by atoms with E-state index < -0.39 is 0 Å². The van der Waals surface area contributed by atoms with Gasteiger partial charge in [-0.05, 0) is 116 Å². The molecule has 0 fully saturated rings. The number of hydrogen-bond donors (Lipinski definition) is 0. The normalized spacial score (nSPS) is 14.9. The molecule has 0 aliphatic carbocycles. The fourth-order valence-electron chi connectivity index (χ4n) is 13.9. The Kier molecular flexibility index (Phi) is 6.26. The number of benzene rings is 10. The van der Waals surface area contributed by atoms with Gasteiger partial charge >= 0.3 is 0 Å². The van der Waals surface area contributed by atoms with Gasteiger partial charge in [-0.25, -0.2) is 0 Å². The fraction of sp³-hybridized carbons (Fsp3) is 0. The van der Waals surface area contributed by atoms with Crippen molar-refractivity contribution in [3.8, 4) is 11.5 Å². The van der Waals surface area contributed by atoms with Crippen molar-refractivity contribution in [1.82, 2.24) is 0 Å². The van der Waals surface area contributed by atoms with Gasteiger partial charge in [-0.2, -0.15) is 0 Å². The summed E-state index contributed by atoms with van der Waals surface area (Å²) in [5.74, 6) is 1.68. The third kappa shape index (κ3) is 4.10. The zero-order valence-electron chi connectivity index (χ0n) is 36.9. The molecule has 0 spiro atoms. The van der Waals surface area contributed by atoms with Gasteiger partial charge in [-0.1, -0.05) is 127 Å². The van der Waals surface area contributed by atoms with E-state index in [0.717, 1.165) is 61.9 Å². The zero-order valence-corrected chi connectivity index (χ0v) is 36.9. The lowest BCUT2D eigenvalue weighted by Gasteiger charge is -2.55. The van der Waals surface area contributed by atoms with Crippen LogP contribution in [0.5, 0.6) is 11.5 Å². The van der Waals surface area contributed by atoms with Crippen molar-refractivity contribution < 1.29 is 9.15 Å².